The summed E-state index contributed by atoms with van der Waals surface area (Å²) < 4.78 is 2.72. The summed E-state index contributed by atoms with van der Waals surface area (Å²) in [7, 11) is 0. The lowest BCUT2D eigenvalue weighted by molar-refractivity contribution is 0.0945. The number of hydrogen-bond donors (Lipinski definition) is 1. The Morgan fingerprint density at radius 1 is 1.50 bits per heavy atom. The second-order valence-electron chi connectivity index (χ2n) is 3.97. The van der Waals surface area contributed by atoms with Crippen molar-refractivity contribution in [1.29, 1.82) is 0 Å². The number of halogens is 1. The summed E-state index contributed by atoms with van der Waals surface area (Å²) in [5.41, 5.74) is 1.37. The van der Waals surface area contributed by atoms with Gasteiger partial charge in [0.25, 0.3) is 5.91 Å². The Morgan fingerprint density at radius 3 is 3.06 bits per heavy atom. The summed E-state index contributed by atoms with van der Waals surface area (Å²) in [6.07, 6.45) is 5.64. The van der Waals surface area contributed by atoms with Gasteiger partial charge in [-0.3, -0.25) is 9.20 Å². The molecule has 3 rings (SSSR count). The normalized spacial score (nSPS) is 15.3. The number of pyridine rings is 1. The first kappa shape index (κ1) is 9.84. The molecule has 0 spiro atoms. The van der Waals surface area contributed by atoms with E-state index in [1.807, 2.05) is 18.3 Å². The van der Waals surface area contributed by atoms with Gasteiger partial charge in [-0.2, -0.15) is 0 Å². The Morgan fingerprint density at radius 2 is 2.31 bits per heavy atom. The zero-order valence-corrected chi connectivity index (χ0v) is 10.1. The van der Waals surface area contributed by atoms with Crippen LogP contribution in [0.4, 0.5) is 0 Å². The smallest absolute Gasteiger partial charge is 0.270 e. The Bertz CT molecular complexity index is 559. The number of aromatic nitrogens is 2. The van der Waals surface area contributed by atoms with Crippen molar-refractivity contribution in [3.63, 3.8) is 0 Å². The van der Waals surface area contributed by atoms with Crippen LogP contribution in [-0.2, 0) is 0 Å². The van der Waals surface area contributed by atoms with Crippen LogP contribution in [0.25, 0.3) is 5.65 Å². The van der Waals surface area contributed by atoms with Crippen LogP contribution < -0.4 is 5.32 Å². The van der Waals surface area contributed by atoms with Crippen molar-refractivity contribution in [2.24, 2.45) is 0 Å². The predicted octanol–water partition coefficient (Wildman–Crippen LogP) is 1.99. The van der Waals surface area contributed by atoms with E-state index in [0.717, 1.165) is 23.0 Å². The molecule has 1 saturated carbocycles. The number of carbonyl (C=O) groups is 1. The number of imidazole rings is 1. The van der Waals surface area contributed by atoms with E-state index < -0.39 is 0 Å². The van der Waals surface area contributed by atoms with Crippen LogP contribution in [0.5, 0.6) is 0 Å². The van der Waals surface area contributed by atoms with E-state index in [2.05, 4.69) is 26.2 Å². The maximum atomic E-state index is 11.9. The van der Waals surface area contributed by atoms with Gasteiger partial charge < -0.3 is 5.32 Å². The highest BCUT2D eigenvalue weighted by atomic mass is 79.9. The maximum Gasteiger partial charge on any atom is 0.270 e. The molecule has 1 fully saturated rings. The Hall–Kier alpha value is -1.36. The minimum atomic E-state index is -0.0481. The van der Waals surface area contributed by atoms with Gasteiger partial charge in [-0.15, -0.1) is 0 Å². The van der Waals surface area contributed by atoms with E-state index in [1.165, 1.54) is 0 Å². The lowest BCUT2D eigenvalue weighted by atomic mass is 10.4. The third kappa shape index (κ3) is 1.71. The minimum Gasteiger partial charge on any atom is -0.348 e. The summed E-state index contributed by atoms with van der Waals surface area (Å²) in [6, 6.07) is 4.15. The first-order valence-electron chi connectivity index (χ1n) is 5.17. The van der Waals surface area contributed by atoms with Gasteiger partial charge in [-0.25, -0.2) is 4.98 Å². The first-order chi connectivity index (χ1) is 7.74. The summed E-state index contributed by atoms with van der Waals surface area (Å²) in [5, 5.41) is 2.95. The molecular formula is C11H10BrN3O. The Balaban J connectivity index is 2.01. The highest BCUT2D eigenvalue weighted by Crippen LogP contribution is 2.20. The molecule has 4 nitrogen and oxygen atoms in total. The Kier molecular flexibility index (Phi) is 2.21. The molecule has 0 bridgehead atoms. The average Bonchev–Trinajstić information content (AvgIpc) is 2.96. The van der Waals surface area contributed by atoms with Crippen LogP contribution in [0.2, 0.25) is 0 Å². The summed E-state index contributed by atoms with van der Waals surface area (Å²) in [6.45, 7) is 0. The molecule has 0 saturated heterocycles. The van der Waals surface area contributed by atoms with Crippen molar-refractivity contribution in [3.8, 4) is 0 Å². The van der Waals surface area contributed by atoms with Crippen LogP contribution in [0.15, 0.2) is 29.0 Å². The highest BCUT2D eigenvalue weighted by molar-refractivity contribution is 9.10. The standard InChI is InChI=1S/C11H10BrN3O/c12-7-1-4-10-13-5-9(15(10)6-7)11(16)14-8-2-3-8/h1,4-6,8H,2-3H2,(H,14,16). The number of amides is 1. The molecule has 0 radical (unpaired) electrons. The third-order valence-electron chi connectivity index (χ3n) is 2.61. The monoisotopic (exact) mass is 279 g/mol. The van der Waals surface area contributed by atoms with E-state index in [0.29, 0.717) is 11.7 Å². The summed E-state index contributed by atoms with van der Waals surface area (Å²) in [5.74, 6) is -0.0481. The fraction of sp³-hybridized carbons (Fsp3) is 0.273. The summed E-state index contributed by atoms with van der Waals surface area (Å²) in [4.78, 5) is 16.1. The number of nitrogens with one attached hydrogen (secondary N) is 1. The molecule has 1 amide bonds. The van der Waals surface area contributed by atoms with Gasteiger partial charge in [0.05, 0.1) is 6.20 Å². The maximum absolute atomic E-state index is 11.9. The molecule has 1 N–H and O–H groups in total. The van der Waals surface area contributed by atoms with Gasteiger partial charge in [-0.1, -0.05) is 0 Å². The second-order valence-corrected chi connectivity index (χ2v) is 4.88. The van der Waals surface area contributed by atoms with Gasteiger partial charge in [0, 0.05) is 16.7 Å². The first-order valence-corrected chi connectivity index (χ1v) is 5.97. The van der Waals surface area contributed by atoms with Gasteiger partial charge in [0.1, 0.15) is 11.3 Å². The highest BCUT2D eigenvalue weighted by Gasteiger charge is 2.25. The SMILES string of the molecule is O=C(NC1CC1)c1cnc2ccc(Br)cn12. The van der Waals surface area contributed by atoms with E-state index >= 15 is 0 Å². The molecule has 0 aromatic carbocycles. The van der Waals surface area contributed by atoms with Crippen LogP contribution in [0.1, 0.15) is 23.3 Å². The number of fused-ring (bicyclic) bond motifs is 1. The lowest BCUT2D eigenvalue weighted by Crippen LogP contribution is -2.26. The van der Waals surface area contributed by atoms with Crippen molar-refractivity contribution in [2.75, 3.05) is 0 Å². The molecule has 2 heterocycles. The molecule has 0 unspecified atom stereocenters. The van der Waals surface area contributed by atoms with Crippen LogP contribution in [0.3, 0.4) is 0 Å². The fourth-order valence-corrected chi connectivity index (χ4v) is 1.95. The quantitative estimate of drug-likeness (QED) is 0.914. The molecule has 82 valence electrons. The molecule has 1 aliphatic carbocycles. The predicted molar refractivity (Wildman–Crippen MR) is 63.4 cm³/mol. The van der Waals surface area contributed by atoms with E-state index in [4.69, 9.17) is 0 Å². The molecule has 16 heavy (non-hydrogen) atoms. The van der Waals surface area contributed by atoms with Gasteiger partial charge in [-0.05, 0) is 40.9 Å². The third-order valence-corrected chi connectivity index (χ3v) is 3.08. The molecule has 0 aliphatic heterocycles. The second kappa shape index (κ2) is 3.59. The van der Waals surface area contributed by atoms with Crippen LogP contribution in [-0.4, -0.2) is 21.3 Å². The lowest BCUT2D eigenvalue weighted by Gasteiger charge is -2.03. The van der Waals surface area contributed by atoms with Crippen molar-refractivity contribution < 1.29 is 4.79 Å². The molecule has 5 heteroatoms. The van der Waals surface area contributed by atoms with E-state index in [1.54, 1.807) is 10.6 Å². The minimum absolute atomic E-state index is 0.0481. The zero-order chi connectivity index (χ0) is 11.1. The molecule has 2 aromatic heterocycles. The number of hydrogen-bond acceptors (Lipinski definition) is 2. The molecule has 1 aliphatic rings. The molecular weight excluding hydrogens is 270 g/mol. The van der Waals surface area contributed by atoms with Gasteiger partial charge >= 0.3 is 0 Å². The van der Waals surface area contributed by atoms with Crippen molar-refractivity contribution >= 4 is 27.5 Å². The largest absolute Gasteiger partial charge is 0.348 e. The number of rotatable bonds is 2. The molecule has 0 atom stereocenters. The number of nitrogens with zero attached hydrogens (tertiary/aromatic N) is 2. The van der Waals surface area contributed by atoms with Gasteiger partial charge in [0.15, 0.2) is 0 Å². The summed E-state index contributed by atoms with van der Waals surface area (Å²) >= 11 is 3.38. The van der Waals surface area contributed by atoms with Crippen molar-refractivity contribution in [2.45, 2.75) is 18.9 Å². The fourth-order valence-electron chi connectivity index (χ4n) is 1.61. The molecule has 2 aromatic rings. The van der Waals surface area contributed by atoms with Gasteiger partial charge in [0.2, 0.25) is 0 Å². The Labute approximate surface area is 101 Å². The zero-order valence-electron chi connectivity index (χ0n) is 8.48. The van der Waals surface area contributed by atoms with Crippen molar-refractivity contribution in [3.05, 3.63) is 34.7 Å². The van der Waals surface area contributed by atoms with Crippen LogP contribution >= 0.6 is 15.9 Å². The topological polar surface area (TPSA) is 46.4 Å². The average molecular weight is 280 g/mol. The number of carbonyl (C=O) groups excluding carboxylic acids is 1. The van der Waals surface area contributed by atoms with Crippen molar-refractivity contribution in [1.82, 2.24) is 14.7 Å². The van der Waals surface area contributed by atoms with E-state index in [9.17, 15) is 4.79 Å². The van der Waals surface area contributed by atoms with E-state index in [-0.39, 0.29) is 5.91 Å². The van der Waals surface area contributed by atoms with Crippen LogP contribution in [0, 0.1) is 0 Å².